The van der Waals surface area contributed by atoms with Gasteiger partial charge in [0.05, 0.1) is 0 Å². The predicted octanol–water partition coefficient (Wildman–Crippen LogP) is 3.72. The van der Waals surface area contributed by atoms with E-state index in [1.807, 2.05) is 37.7 Å². The molecule has 0 spiro atoms. The second-order valence-corrected chi connectivity index (χ2v) is 8.26. The molecule has 0 radical (unpaired) electrons. The molecule has 0 aliphatic carbocycles. The molecule has 0 saturated heterocycles. The largest absolute Gasteiger partial charge is 0.481 e. The first kappa shape index (κ1) is 17.9. The SMILES string of the molecule is Cc1cc(C)cc(O[C@@H](C)C(=O)NCCSC(C)(C)C)c1. The number of aryl methyl sites for hydroxylation is 2. The summed E-state index contributed by atoms with van der Waals surface area (Å²) in [5, 5.41) is 2.92. The average Bonchev–Trinajstić information content (AvgIpc) is 2.31. The number of amides is 1. The summed E-state index contributed by atoms with van der Waals surface area (Å²) in [6.07, 6.45) is -0.481. The summed E-state index contributed by atoms with van der Waals surface area (Å²) in [6.45, 7) is 13.0. The first-order valence-corrected chi connectivity index (χ1v) is 8.32. The third kappa shape index (κ3) is 7.42. The zero-order valence-electron chi connectivity index (χ0n) is 13.9. The molecule has 21 heavy (non-hydrogen) atoms. The number of ether oxygens (including phenoxy) is 1. The van der Waals surface area contributed by atoms with Crippen molar-refractivity contribution < 1.29 is 9.53 Å². The first-order chi connectivity index (χ1) is 9.67. The first-order valence-electron chi connectivity index (χ1n) is 7.34. The van der Waals surface area contributed by atoms with Crippen LogP contribution in [0.5, 0.6) is 5.75 Å². The molecule has 0 aliphatic heterocycles. The van der Waals surface area contributed by atoms with Crippen molar-refractivity contribution in [3.8, 4) is 5.75 Å². The minimum atomic E-state index is -0.481. The Kier molecular flexibility index (Phi) is 6.59. The molecule has 0 saturated carbocycles. The Bertz CT molecular complexity index is 460. The van der Waals surface area contributed by atoms with Gasteiger partial charge in [-0.1, -0.05) is 26.8 Å². The van der Waals surface area contributed by atoms with Crippen LogP contribution >= 0.6 is 11.8 Å². The number of hydrogen-bond acceptors (Lipinski definition) is 3. The average molecular weight is 309 g/mol. The Balaban J connectivity index is 2.40. The van der Waals surface area contributed by atoms with Gasteiger partial charge in [0.1, 0.15) is 5.75 Å². The minimum absolute atomic E-state index is 0.0660. The third-order valence-electron chi connectivity index (χ3n) is 2.81. The van der Waals surface area contributed by atoms with Gasteiger partial charge in [0.25, 0.3) is 5.91 Å². The molecule has 0 aromatic heterocycles. The second kappa shape index (κ2) is 7.74. The van der Waals surface area contributed by atoms with E-state index < -0.39 is 6.10 Å². The van der Waals surface area contributed by atoms with Crippen molar-refractivity contribution in [3.05, 3.63) is 29.3 Å². The zero-order valence-corrected chi connectivity index (χ0v) is 14.8. The van der Waals surface area contributed by atoms with Crippen molar-refractivity contribution in [3.63, 3.8) is 0 Å². The molecule has 0 fully saturated rings. The highest BCUT2D eigenvalue weighted by Crippen LogP contribution is 2.22. The highest BCUT2D eigenvalue weighted by molar-refractivity contribution is 8.00. The van der Waals surface area contributed by atoms with E-state index in [1.165, 1.54) is 0 Å². The van der Waals surface area contributed by atoms with Crippen molar-refractivity contribution in [2.45, 2.75) is 52.4 Å². The van der Waals surface area contributed by atoms with E-state index in [-0.39, 0.29) is 10.7 Å². The Morgan fingerprint density at radius 1 is 1.24 bits per heavy atom. The Hall–Kier alpha value is -1.16. The zero-order chi connectivity index (χ0) is 16.0. The minimum Gasteiger partial charge on any atom is -0.481 e. The van der Waals surface area contributed by atoms with E-state index in [9.17, 15) is 4.79 Å². The summed E-state index contributed by atoms with van der Waals surface area (Å²) in [5.74, 6) is 1.59. The van der Waals surface area contributed by atoms with Gasteiger partial charge in [-0.15, -0.1) is 0 Å². The molecule has 1 N–H and O–H groups in total. The molecule has 1 rings (SSSR count). The van der Waals surface area contributed by atoms with Crippen LogP contribution in [0.15, 0.2) is 18.2 Å². The van der Waals surface area contributed by atoms with Crippen LogP contribution in [0.4, 0.5) is 0 Å². The maximum absolute atomic E-state index is 12.0. The summed E-state index contributed by atoms with van der Waals surface area (Å²) < 4.78 is 5.95. The Morgan fingerprint density at radius 3 is 2.33 bits per heavy atom. The summed E-state index contributed by atoms with van der Waals surface area (Å²) >= 11 is 1.84. The number of benzene rings is 1. The summed E-state index contributed by atoms with van der Waals surface area (Å²) in [4.78, 5) is 12.0. The lowest BCUT2D eigenvalue weighted by atomic mass is 10.1. The molecule has 118 valence electrons. The van der Waals surface area contributed by atoms with Crippen LogP contribution < -0.4 is 10.1 Å². The molecule has 1 aromatic rings. The molecule has 1 atom stereocenters. The van der Waals surface area contributed by atoms with E-state index >= 15 is 0 Å². The highest BCUT2D eigenvalue weighted by Gasteiger charge is 2.15. The number of thioether (sulfide) groups is 1. The lowest BCUT2D eigenvalue weighted by Gasteiger charge is -2.19. The van der Waals surface area contributed by atoms with E-state index in [0.717, 1.165) is 22.6 Å². The third-order valence-corrected chi connectivity index (χ3v) is 4.09. The normalized spacial score (nSPS) is 12.9. The van der Waals surface area contributed by atoms with Crippen LogP contribution in [0.3, 0.4) is 0 Å². The fourth-order valence-electron chi connectivity index (χ4n) is 1.93. The molecular weight excluding hydrogens is 282 g/mol. The van der Waals surface area contributed by atoms with Gasteiger partial charge in [-0.25, -0.2) is 0 Å². The van der Waals surface area contributed by atoms with Gasteiger partial charge in [-0.3, -0.25) is 4.79 Å². The van der Waals surface area contributed by atoms with Crippen LogP contribution in [0.1, 0.15) is 38.8 Å². The fraction of sp³-hybridized carbons (Fsp3) is 0.588. The van der Waals surface area contributed by atoms with Crippen molar-refractivity contribution in [2.75, 3.05) is 12.3 Å². The summed E-state index contributed by atoms with van der Waals surface area (Å²) in [6, 6.07) is 5.99. The van der Waals surface area contributed by atoms with Crippen LogP contribution in [-0.4, -0.2) is 29.1 Å². The van der Waals surface area contributed by atoms with Crippen LogP contribution in [0.25, 0.3) is 0 Å². The van der Waals surface area contributed by atoms with Crippen LogP contribution in [0.2, 0.25) is 0 Å². The molecule has 1 aromatic carbocycles. The fourth-order valence-corrected chi connectivity index (χ4v) is 2.75. The lowest BCUT2D eigenvalue weighted by Crippen LogP contribution is -2.37. The van der Waals surface area contributed by atoms with Crippen molar-refractivity contribution in [1.82, 2.24) is 5.32 Å². The monoisotopic (exact) mass is 309 g/mol. The standard InChI is InChI=1S/C17H27NO2S/c1-12-9-13(2)11-15(10-12)20-14(3)16(19)18-7-8-21-17(4,5)6/h9-11,14H,7-8H2,1-6H3,(H,18,19)/t14-/m0/s1. The number of carbonyl (C=O) groups excluding carboxylic acids is 1. The topological polar surface area (TPSA) is 38.3 Å². The van der Waals surface area contributed by atoms with Gasteiger partial charge in [-0.05, 0) is 44.0 Å². The van der Waals surface area contributed by atoms with Crippen LogP contribution in [0, 0.1) is 13.8 Å². The number of hydrogen-bond donors (Lipinski definition) is 1. The van der Waals surface area contributed by atoms with Crippen LogP contribution in [-0.2, 0) is 4.79 Å². The van der Waals surface area contributed by atoms with E-state index in [0.29, 0.717) is 6.54 Å². The van der Waals surface area contributed by atoms with E-state index in [4.69, 9.17) is 4.74 Å². The Labute approximate surface area is 132 Å². The molecule has 3 nitrogen and oxygen atoms in total. The van der Waals surface area contributed by atoms with Gasteiger partial charge in [0, 0.05) is 17.0 Å². The summed E-state index contributed by atoms with van der Waals surface area (Å²) in [5.41, 5.74) is 2.28. The number of nitrogens with one attached hydrogen (secondary N) is 1. The maximum atomic E-state index is 12.0. The molecule has 4 heteroatoms. The van der Waals surface area contributed by atoms with Crippen molar-refractivity contribution in [1.29, 1.82) is 0 Å². The Morgan fingerprint density at radius 2 is 1.81 bits per heavy atom. The number of rotatable bonds is 6. The maximum Gasteiger partial charge on any atom is 0.260 e. The second-order valence-electron chi connectivity index (χ2n) is 6.34. The number of carbonyl (C=O) groups is 1. The van der Waals surface area contributed by atoms with Gasteiger partial charge >= 0.3 is 0 Å². The molecule has 0 bridgehead atoms. The van der Waals surface area contributed by atoms with Gasteiger partial charge in [0.2, 0.25) is 0 Å². The van der Waals surface area contributed by atoms with Gasteiger partial charge in [-0.2, -0.15) is 11.8 Å². The van der Waals surface area contributed by atoms with E-state index in [2.05, 4.69) is 32.2 Å². The van der Waals surface area contributed by atoms with Crippen molar-refractivity contribution in [2.24, 2.45) is 0 Å². The van der Waals surface area contributed by atoms with E-state index in [1.54, 1.807) is 6.92 Å². The smallest absolute Gasteiger partial charge is 0.260 e. The van der Waals surface area contributed by atoms with Crippen molar-refractivity contribution >= 4 is 17.7 Å². The quantitative estimate of drug-likeness (QED) is 0.814. The molecule has 1 amide bonds. The highest BCUT2D eigenvalue weighted by atomic mass is 32.2. The van der Waals surface area contributed by atoms with Gasteiger partial charge < -0.3 is 10.1 Å². The van der Waals surface area contributed by atoms with Gasteiger partial charge in [0.15, 0.2) is 6.10 Å². The summed E-state index contributed by atoms with van der Waals surface area (Å²) in [7, 11) is 0. The molecular formula is C17H27NO2S. The lowest BCUT2D eigenvalue weighted by molar-refractivity contribution is -0.127. The molecule has 0 heterocycles. The molecule has 0 unspecified atom stereocenters. The predicted molar refractivity (Wildman–Crippen MR) is 91.2 cm³/mol. The molecule has 0 aliphatic rings.